The molecular formula is C9H11ClF4N2O2S. The second-order valence-electron chi connectivity index (χ2n) is 3.56. The highest BCUT2D eigenvalue weighted by atomic mass is 35.5. The molecule has 1 aromatic rings. The predicted molar refractivity (Wildman–Crippen MR) is 62.4 cm³/mol. The molecule has 0 unspecified atom stereocenters. The van der Waals surface area contributed by atoms with Crippen LogP contribution >= 0.6 is 12.4 Å². The maximum Gasteiger partial charge on any atom is 0.246 e. The highest BCUT2D eigenvalue weighted by molar-refractivity contribution is 7.89. The third kappa shape index (κ3) is 3.78. The number of sulfonamides is 1. The first-order valence-electron chi connectivity index (χ1n) is 4.76. The molecule has 0 bridgehead atoms. The average molecular weight is 323 g/mol. The van der Waals surface area contributed by atoms with Crippen molar-refractivity contribution in [2.45, 2.75) is 17.9 Å². The summed E-state index contributed by atoms with van der Waals surface area (Å²) in [4.78, 5) is -1.69. The van der Waals surface area contributed by atoms with Crippen molar-refractivity contribution in [1.82, 2.24) is 4.72 Å². The fourth-order valence-corrected chi connectivity index (χ4v) is 2.57. The zero-order valence-electron chi connectivity index (χ0n) is 9.58. The number of nitrogens with one attached hydrogen (secondary N) is 1. The first-order chi connectivity index (χ1) is 8.20. The molecule has 1 aromatic carbocycles. The second kappa shape index (κ2) is 6.51. The topological polar surface area (TPSA) is 72.2 Å². The molecule has 0 radical (unpaired) electrons. The molecular weight excluding hydrogens is 312 g/mol. The van der Waals surface area contributed by atoms with Gasteiger partial charge in [-0.2, -0.15) is 0 Å². The summed E-state index contributed by atoms with van der Waals surface area (Å²) in [5.41, 5.74) is 5.13. The van der Waals surface area contributed by atoms with E-state index in [1.54, 1.807) is 4.72 Å². The Morgan fingerprint density at radius 1 is 1.21 bits per heavy atom. The minimum absolute atomic E-state index is 0. The van der Waals surface area contributed by atoms with Gasteiger partial charge in [0.25, 0.3) is 0 Å². The van der Waals surface area contributed by atoms with Crippen molar-refractivity contribution in [2.24, 2.45) is 5.73 Å². The smallest absolute Gasteiger partial charge is 0.246 e. The molecule has 110 valence electrons. The Morgan fingerprint density at radius 3 is 2.00 bits per heavy atom. The number of hydrogen-bond acceptors (Lipinski definition) is 3. The van der Waals surface area contributed by atoms with Gasteiger partial charge in [-0.15, -0.1) is 12.4 Å². The van der Waals surface area contributed by atoms with Gasteiger partial charge in [0.05, 0.1) is 0 Å². The summed E-state index contributed by atoms with van der Waals surface area (Å²) in [6.45, 7) is 1.17. The van der Waals surface area contributed by atoms with Gasteiger partial charge in [0, 0.05) is 18.7 Å². The molecule has 1 rings (SSSR count). The van der Waals surface area contributed by atoms with Gasteiger partial charge in [-0.25, -0.2) is 30.7 Å². The largest absolute Gasteiger partial charge is 0.329 e. The minimum Gasteiger partial charge on any atom is -0.329 e. The number of nitrogens with two attached hydrogens (primary N) is 1. The van der Waals surface area contributed by atoms with Gasteiger partial charge < -0.3 is 5.73 Å². The van der Waals surface area contributed by atoms with Crippen LogP contribution in [-0.4, -0.2) is 21.0 Å². The average Bonchev–Trinajstić information content (AvgIpc) is 2.25. The molecule has 0 aliphatic rings. The van der Waals surface area contributed by atoms with E-state index < -0.39 is 44.2 Å². The molecule has 10 heteroatoms. The second-order valence-corrected chi connectivity index (χ2v) is 5.21. The van der Waals surface area contributed by atoms with Crippen LogP contribution in [0.3, 0.4) is 0 Å². The zero-order chi connectivity index (χ0) is 14.1. The standard InChI is InChI=1S/C9H10F4N2O2S.ClH/c1-4(3-14)15-18(16,17)9-7(12)5(10)2-6(11)8(9)13;/h2,4,15H,3,14H2,1H3;1H/t4-;/m0./s1. The molecule has 0 heterocycles. The van der Waals surface area contributed by atoms with Crippen molar-refractivity contribution in [3.63, 3.8) is 0 Å². The Balaban J connectivity index is 0.00000324. The molecule has 3 N–H and O–H groups in total. The van der Waals surface area contributed by atoms with Gasteiger partial charge >= 0.3 is 0 Å². The third-order valence-corrected chi connectivity index (χ3v) is 3.66. The van der Waals surface area contributed by atoms with E-state index >= 15 is 0 Å². The van der Waals surface area contributed by atoms with E-state index in [1.807, 2.05) is 0 Å². The van der Waals surface area contributed by atoms with Crippen LogP contribution in [0.1, 0.15) is 6.92 Å². The Hall–Kier alpha value is -0.900. The van der Waals surface area contributed by atoms with E-state index in [0.717, 1.165) is 0 Å². The molecule has 0 aliphatic carbocycles. The molecule has 0 spiro atoms. The summed E-state index contributed by atoms with van der Waals surface area (Å²) in [5.74, 6) is -7.56. The Morgan fingerprint density at radius 2 is 1.63 bits per heavy atom. The van der Waals surface area contributed by atoms with Gasteiger partial charge in [0.2, 0.25) is 10.0 Å². The summed E-state index contributed by atoms with van der Waals surface area (Å²) < 4.78 is 77.2. The normalized spacial score (nSPS) is 12.9. The molecule has 0 aliphatic heterocycles. The van der Waals surface area contributed by atoms with E-state index in [9.17, 15) is 26.0 Å². The highest BCUT2D eigenvalue weighted by Crippen LogP contribution is 2.23. The summed E-state index contributed by atoms with van der Waals surface area (Å²) in [6, 6.07) is -0.920. The van der Waals surface area contributed by atoms with Crippen molar-refractivity contribution in [3.8, 4) is 0 Å². The van der Waals surface area contributed by atoms with Crippen molar-refractivity contribution < 1.29 is 26.0 Å². The van der Waals surface area contributed by atoms with Gasteiger partial charge in [-0.05, 0) is 6.92 Å². The zero-order valence-corrected chi connectivity index (χ0v) is 11.2. The van der Waals surface area contributed by atoms with Crippen LogP contribution in [0.25, 0.3) is 0 Å². The van der Waals surface area contributed by atoms with Gasteiger partial charge in [0.1, 0.15) is 0 Å². The van der Waals surface area contributed by atoms with Crippen LogP contribution in [0.5, 0.6) is 0 Å². The Bertz CT molecular complexity index is 542. The summed E-state index contributed by atoms with van der Waals surface area (Å²) >= 11 is 0. The Labute approximate surface area is 113 Å². The molecule has 0 saturated heterocycles. The summed E-state index contributed by atoms with van der Waals surface area (Å²) in [5, 5.41) is 0. The lowest BCUT2D eigenvalue weighted by molar-refractivity contribution is 0.417. The van der Waals surface area contributed by atoms with E-state index in [1.165, 1.54) is 6.92 Å². The van der Waals surface area contributed by atoms with Gasteiger partial charge in [-0.3, -0.25) is 0 Å². The molecule has 0 amide bonds. The quantitative estimate of drug-likeness (QED) is 0.648. The van der Waals surface area contributed by atoms with Crippen LogP contribution in [0, 0.1) is 23.3 Å². The monoisotopic (exact) mass is 322 g/mol. The maximum atomic E-state index is 13.3. The van der Waals surface area contributed by atoms with Gasteiger partial charge in [0.15, 0.2) is 28.2 Å². The van der Waals surface area contributed by atoms with E-state index in [2.05, 4.69) is 0 Å². The summed E-state index contributed by atoms with van der Waals surface area (Å²) in [7, 11) is -4.74. The Kier molecular flexibility index (Phi) is 6.20. The van der Waals surface area contributed by atoms with Gasteiger partial charge in [-0.1, -0.05) is 0 Å². The summed E-state index contributed by atoms with van der Waals surface area (Å²) in [6.07, 6.45) is 0. The van der Waals surface area contributed by atoms with Crippen molar-refractivity contribution in [2.75, 3.05) is 6.54 Å². The lowest BCUT2D eigenvalue weighted by Gasteiger charge is -2.13. The van der Waals surface area contributed by atoms with E-state index in [-0.39, 0.29) is 25.0 Å². The molecule has 0 saturated carbocycles. The van der Waals surface area contributed by atoms with Crippen LogP contribution in [0.4, 0.5) is 17.6 Å². The molecule has 0 fully saturated rings. The number of hydrogen-bond donors (Lipinski definition) is 2. The first kappa shape index (κ1) is 18.1. The number of benzene rings is 1. The van der Waals surface area contributed by atoms with E-state index in [4.69, 9.17) is 5.73 Å². The van der Waals surface area contributed by atoms with Crippen LogP contribution < -0.4 is 10.5 Å². The first-order valence-corrected chi connectivity index (χ1v) is 6.24. The highest BCUT2D eigenvalue weighted by Gasteiger charge is 2.30. The third-order valence-electron chi connectivity index (χ3n) is 2.05. The van der Waals surface area contributed by atoms with E-state index in [0.29, 0.717) is 0 Å². The van der Waals surface area contributed by atoms with Crippen LogP contribution in [0.2, 0.25) is 0 Å². The number of halogens is 5. The lowest BCUT2D eigenvalue weighted by atomic mass is 10.3. The molecule has 1 atom stereocenters. The predicted octanol–water partition coefficient (Wildman–Crippen LogP) is 1.29. The maximum absolute atomic E-state index is 13.3. The van der Waals surface area contributed by atoms with Crippen LogP contribution in [0.15, 0.2) is 11.0 Å². The molecule has 4 nitrogen and oxygen atoms in total. The van der Waals surface area contributed by atoms with Crippen molar-refractivity contribution >= 4 is 22.4 Å². The lowest BCUT2D eigenvalue weighted by Crippen LogP contribution is -2.38. The van der Waals surface area contributed by atoms with Crippen molar-refractivity contribution in [1.29, 1.82) is 0 Å². The van der Waals surface area contributed by atoms with Crippen molar-refractivity contribution in [3.05, 3.63) is 29.3 Å². The SMILES string of the molecule is C[C@@H](CN)NS(=O)(=O)c1c(F)c(F)cc(F)c1F.Cl. The minimum atomic E-state index is -4.74. The van der Waals surface area contributed by atoms with Crippen LogP contribution in [-0.2, 0) is 10.0 Å². The molecule has 19 heavy (non-hydrogen) atoms. The molecule has 0 aromatic heterocycles. The fourth-order valence-electron chi connectivity index (χ4n) is 1.16. The number of rotatable bonds is 4. The fraction of sp³-hybridized carbons (Fsp3) is 0.333.